The van der Waals surface area contributed by atoms with Crippen molar-refractivity contribution in [3.05, 3.63) is 24.2 Å². The Bertz CT molecular complexity index is 583. The molecule has 0 aromatic carbocycles. The van der Waals surface area contributed by atoms with E-state index in [2.05, 4.69) is 10.9 Å². The van der Waals surface area contributed by atoms with Gasteiger partial charge in [-0.25, -0.2) is 0 Å². The molecule has 2 saturated carbocycles. The number of amides is 2. The number of rotatable bonds is 5. The van der Waals surface area contributed by atoms with Gasteiger partial charge in [-0.3, -0.25) is 25.2 Å². The molecule has 3 atom stereocenters. The van der Waals surface area contributed by atoms with E-state index in [9.17, 15) is 14.4 Å². The molecule has 2 bridgehead atoms. The molecule has 2 aliphatic carbocycles. The topological polar surface area (TPSA) is 97.6 Å². The third-order valence-electron chi connectivity index (χ3n) is 4.74. The Balaban J connectivity index is 1.32. The number of carbonyl (C=O) groups excluding carboxylic acids is 3. The molecule has 2 N–H and O–H groups in total. The molecule has 124 valence electrons. The summed E-state index contributed by atoms with van der Waals surface area (Å²) < 4.78 is 9.85. The molecule has 1 aromatic heterocycles. The number of nitrogens with one attached hydrogen (secondary N) is 2. The van der Waals surface area contributed by atoms with Gasteiger partial charge in [0.05, 0.1) is 6.26 Å². The van der Waals surface area contributed by atoms with Gasteiger partial charge in [-0.05, 0) is 49.1 Å². The van der Waals surface area contributed by atoms with Crippen LogP contribution in [0.25, 0.3) is 0 Å². The van der Waals surface area contributed by atoms with Crippen molar-refractivity contribution in [2.75, 3.05) is 6.61 Å². The first-order valence-electron chi connectivity index (χ1n) is 7.90. The molecule has 23 heavy (non-hydrogen) atoms. The van der Waals surface area contributed by atoms with E-state index in [0.29, 0.717) is 18.3 Å². The zero-order valence-electron chi connectivity index (χ0n) is 12.7. The lowest BCUT2D eigenvalue weighted by molar-refractivity contribution is -0.150. The Kier molecular flexibility index (Phi) is 4.64. The van der Waals surface area contributed by atoms with E-state index in [1.165, 1.54) is 31.6 Å². The van der Waals surface area contributed by atoms with Gasteiger partial charge in [0.25, 0.3) is 5.91 Å². The number of fused-ring (bicyclic) bond motifs is 2. The minimum absolute atomic E-state index is 0.0820. The normalized spacial score (nSPS) is 25.1. The summed E-state index contributed by atoms with van der Waals surface area (Å²) in [6.45, 7) is -0.405. The van der Waals surface area contributed by atoms with Crippen molar-refractivity contribution in [3.8, 4) is 0 Å². The summed E-state index contributed by atoms with van der Waals surface area (Å²) in [5.41, 5.74) is 4.35. The quantitative estimate of drug-likeness (QED) is 0.631. The summed E-state index contributed by atoms with van der Waals surface area (Å²) in [4.78, 5) is 34.9. The SMILES string of the molecule is O=C(COC(=O)C[C@H]1C[C@H]2CC[C@@H]1C2)NNC(=O)c1ccco1. The zero-order valence-corrected chi connectivity index (χ0v) is 12.7. The lowest BCUT2D eigenvalue weighted by atomic mass is 9.86. The van der Waals surface area contributed by atoms with E-state index < -0.39 is 18.4 Å². The Morgan fingerprint density at radius 1 is 1.22 bits per heavy atom. The third-order valence-corrected chi connectivity index (χ3v) is 4.74. The van der Waals surface area contributed by atoms with Crippen LogP contribution in [0, 0.1) is 17.8 Å². The highest BCUT2D eigenvalue weighted by atomic mass is 16.5. The Morgan fingerprint density at radius 3 is 2.74 bits per heavy atom. The Hall–Kier alpha value is -2.31. The minimum atomic E-state index is -0.591. The van der Waals surface area contributed by atoms with Crippen LogP contribution in [0.4, 0.5) is 0 Å². The second-order valence-electron chi connectivity index (χ2n) is 6.28. The number of hydrazine groups is 1. The summed E-state index contributed by atoms with van der Waals surface area (Å²) in [6.07, 6.45) is 6.57. The summed E-state index contributed by atoms with van der Waals surface area (Å²) in [6, 6.07) is 3.03. The highest BCUT2D eigenvalue weighted by Gasteiger charge is 2.40. The van der Waals surface area contributed by atoms with Gasteiger partial charge in [-0.15, -0.1) is 0 Å². The maximum Gasteiger partial charge on any atom is 0.306 e. The molecular weight excluding hydrogens is 300 g/mol. The van der Waals surface area contributed by atoms with Crippen molar-refractivity contribution in [2.24, 2.45) is 17.8 Å². The average Bonchev–Trinajstić information content (AvgIpc) is 3.27. The smallest absolute Gasteiger partial charge is 0.306 e. The average molecular weight is 320 g/mol. The van der Waals surface area contributed by atoms with Gasteiger partial charge >= 0.3 is 11.9 Å². The first-order chi connectivity index (χ1) is 11.1. The van der Waals surface area contributed by atoms with Crippen LogP contribution in [0.3, 0.4) is 0 Å². The predicted octanol–water partition coefficient (Wildman–Crippen LogP) is 1.41. The number of furan rings is 1. The molecule has 0 aliphatic heterocycles. The molecule has 0 saturated heterocycles. The summed E-state index contributed by atoms with van der Waals surface area (Å²) in [7, 11) is 0. The van der Waals surface area contributed by atoms with Crippen LogP contribution in [0.15, 0.2) is 22.8 Å². The van der Waals surface area contributed by atoms with Crippen molar-refractivity contribution < 1.29 is 23.5 Å². The van der Waals surface area contributed by atoms with E-state index >= 15 is 0 Å². The van der Waals surface area contributed by atoms with Gasteiger partial charge < -0.3 is 9.15 Å². The molecule has 0 radical (unpaired) electrons. The number of ether oxygens (including phenoxy) is 1. The van der Waals surface area contributed by atoms with Crippen molar-refractivity contribution in [2.45, 2.75) is 32.1 Å². The summed E-state index contributed by atoms with van der Waals surface area (Å²) in [5.74, 6) is 0.395. The second-order valence-corrected chi connectivity index (χ2v) is 6.28. The molecular formula is C16H20N2O5. The van der Waals surface area contributed by atoms with Gasteiger partial charge in [0, 0.05) is 6.42 Å². The molecule has 7 nitrogen and oxygen atoms in total. The molecule has 2 fully saturated rings. The largest absolute Gasteiger partial charge is 0.459 e. The first kappa shape index (κ1) is 15.6. The molecule has 1 heterocycles. The maximum atomic E-state index is 11.8. The first-order valence-corrected chi connectivity index (χ1v) is 7.90. The highest BCUT2D eigenvalue weighted by molar-refractivity contribution is 5.93. The number of hydrogen-bond acceptors (Lipinski definition) is 5. The monoisotopic (exact) mass is 320 g/mol. The maximum absolute atomic E-state index is 11.8. The lowest BCUT2D eigenvalue weighted by Crippen LogP contribution is -2.43. The Morgan fingerprint density at radius 2 is 2.09 bits per heavy atom. The second kappa shape index (κ2) is 6.85. The fourth-order valence-electron chi connectivity index (χ4n) is 3.68. The molecule has 2 amide bonds. The fourth-order valence-corrected chi connectivity index (χ4v) is 3.68. The molecule has 3 rings (SSSR count). The van der Waals surface area contributed by atoms with Gasteiger partial charge in [-0.2, -0.15) is 0 Å². The molecule has 2 aliphatic rings. The van der Waals surface area contributed by atoms with E-state index in [1.54, 1.807) is 6.07 Å². The van der Waals surface area contributed by atoms with Crippen molar-refractivity contribution in [1.82, 2.24) is 10.9 Å². The van der Waals surface area contributed by atoms with Crippen molar-refractivity contribution in [3.63, 3.8) is 0 Å². The number of esters is 1. The van der Waals surface area contributed by atoms with Crippen LogP contribution in [0.2, 0.25) is 0 Å². The fraction of sp³-hybridized carbons (Fsp3) is 0.562. The van der Waals surface area contributed by atoms with Crippen LogP contribution in [-0.2, 0) is 14.3 Å². The van der Waals surface area contributed by atoms with Crippen LogP contribution < -0.4 is 10.9 Å². The van der Waals surface area contributed by atoms with Crippen molar-refractivity contribution >= 4 is 17.8 Å². The predicted molar refractivity (Wildman–Crippen MR) is 78.8 cm³/mol. The van der Waals surface area contributed by atoms with E-state index in [0.717, 1.165) is 12.3 Å². The lowest BCUT2D eigenvalue weighted by Gasteiger charge is -2.20. The van der Waals surface area contributed by atoms with Crippen molar-refractivity contribution in [1.29, 1.82) is 0 Å². The number of carbonyl (C=O) groups is 3. The van der Waals surface area contributed by atoms with E-state index in [1.807, 2.05) is 0 Å². The summed E-state index contributed by atoms with van der Waals surface area (Å²) in [5, 5.41) is 0. The van der Waals surface area contributed by atoms with Gasteiger partial charge in [0.1, 0.15) is 0 Å². The Labute approximate surface area is 133 Å². The number of hydrogen-bond donors (Lipinski definition) is 2. The molecule has 1 aromatic rings. The van der Waals surface area contributed by atoms with Crippen LogP contribution in [0.5, 0.6) is 0 Å². The molecule has 0 spiro atoms. The molecule has 0 unspecified atom stereocenters. The minimum Gasteiger partial charge on any atom is -0.459 e. The van der Waals surface area contributed by atoms with Crippen LogP contribution in [0.1, 0.15) is 42.7 Å². The zero-order chi connectivity index (χ0) is 16.2. The van der Waals surface area contributed by atoms with Crippen LogP contribution >= 0.6 is 0 Å². The summed E-state index contributed by atoms with van der Waals surface area (Å²) >= 11 is 0. The van der Waals surface area contributed by atoms with Gasteiger partial charge in [0.15, 0.2) is 12.4 Å². The highest BCUT2D eigenvalue weighted by Crippen LogP contribution is 2.49. The van der Waals surface area contributed by atoms with Gasteiger partial charge in [-0.1, -0.05) is 6.42 Å². The molecule has 7 heteroatoms. The van der Waals surface area contributed by atoms with E-state index in [-0.39, 0.29) is 11.7 Å². The third kappa shape index (κ3) is 3.91. The van der Waals surface area contributed by atoms with Crippen LogP contribution in [-0.4, -0.2) is 24.4 Å². The standard InChI is InChI=1S/C16H20N2O5/c19-14(17-18-16(21)13-2-1-5-22-13)9-23-15(20)8-12-7-10-3-4-11(12)6-10/h1-2,5,10-12H,3-4,6-9H2,(H,17,19)(H,18,21)/t10-,11+,12+/m0/s1. The van der Waals surface area contributed by atoms with Gasteiger partial charge in [0.2, 0.25) is 0 Å². The van der Waals surface area contributed by atoms with E-state index in [4.69, 9.17) is 9.15 Å².